The number of benzene rings is 1. The zero-order valence-electron chi connectivity index (χ0n) is 8.92. The molecule has 0 aliphatic heterocycles. The summed E-state index contributed by atoms with van der Waals surface area (Å²) in [5.74, 6) is -0.222. The molecule has 2 N–H and O–H groups in total. The highest BCUT2D eigenvalue weighted by molar-refractivity contribution is 5.29. The van der Waals surface area contributed by atoms with Gasteiger partial charge in [0.05, 0.1) is 0 Å². The Morgan fingerprint density at radius 1 is 1.25 bits per heavy atom. The molecule has 0 aromatic heterocycles. The zero-order chi connectivity index (χ0) is 12.2. The molecule has 1 rings (SSSR count). The fourth-order valence-corrected chi connectivity index (χ4v) is 1.39. The van der Waals surface area contributed by atoms with Crippen molar-refractivity contribution in [2.24, 2.45) is 5.73 Å². The van der Waals surface area contributed by atoms with E-state index in [1.54, 1.807) is 12.1 Å². The summed E-state index contributed by atoms with van der Waals surface area (Å²) >= 11 is 0. The smallest absolute Gasteiger partial charge is 0.406 e. The van der Waals surface area contributed by atoms with Gasteiger partial charge in [0.15, 0.2) is 0 Å². The largest absolute Gasteiger partial charge is 0.573 e. The molecule has 16 heavy (non-hydrogen) atoms. The average molecular weight is 233 g/mol. The Morgan fingerprint density at radius 3 is 2.25 bits per heavy atom. The van der Waals surface area contributed by atoms with E-state index in [2.05, 4.69) is 4.74 Å². The number of ether oxygens (including phenoxy) is 1. The summed E-state index contributed by atoms with van der Waals surface area (Å²) < 4.78 is 39.4. The molecule has 2 nitrogen and oxygen atoms in total. The minimum Gasteiger partial charge on any atom is -0.406 e. The van der Waals surface area contributed by atoms with E-state index >= 15 is 0 Å². The fourth-order valence-electron chi connectivity index (χ4n) is 1.39. The van der Waals surface area contributed by atoms with Gasteiger partial charge >= 0.3 is 6.36 Å². The van der Waals surface area contributed by atoms with Gasteiger partial charge < -0.3 is 10.5 Å². The first kappa shape index (κ1) is 12.8. The molecule has 0 unspecified atom stereocenters. The highest BCUT2D eigenvalue weighted by Crippen LogP contribution is 2.24. The third kappa shape index (κ3) is 4.10. The van der Waals surface area contributed by atoms with Crippen LogP contribution in [-0.4, -0.2) is 6.36 Å². The van der Waals surface area contributed by atoms with Crippen LogP contribution in [-0.2, 0) is 0 Å². The number of hydrogen-bond acceptors (Lipinski definition) is 2. The predicted molar refractivity (Wildman–Crippen MR) is 55.0 cm³/mol. The second kappa shape index (κ2) is 5.21. The Hall–Kier alpha value is -1.23. The molecular formula is C11H14F3NO. The maximum Gasteiger partial charge on any atom is 0.573 e. The maximum absolute atomic E-state index is 11.9. The number of nitrogens with two attached hydrogens (primary N) is 1. The molecule has 0 spiro atoms. The molecule has 1 aromatic carbocycles. The second-order valence-electron chi connectivity index (χ2n) is 3.51. The molecule has 0 saturated heterocycles. The van der Waals surface area contributed by atoms with Crippen molar-refractivity contribution in [1.29, 1.82) is 0 Å². The van der Waals surface area contributed by atoms with Gasteiger partial charge in [-0.25, -0.2) is 0 Å². The van der Waals surface area contributed by atoms with Crippen LogP contribution < -0.4 is 10.5 Å². The first-order chi connectivity index (χ1) is 7.42. The Bertz CT molecular complexity index is 321. The van der Waals surface area contributed by atoms with E-state index in [1.165, 1.54) is 12.1 Å². The van der Waals surface area contributed by atoms with Gasteiger partial charge in [0.1, 0.15) is 5.75 Å². The Kier molecular flexibility index (Phi) is 4.18. The summed E-state index contributed by atoms with van der Waals surface area (Å²) in [6.45, 7) is 2.00. The molecule has 0 aliphatic carbocycles. The van der Waals surface area contributed by atoms with Crippen LogP contribution in [0.1, 0.15) is 31.4 Å². The van der Waals surface area contributed by atoms with Crippen LogP contribution in [0, 0.1) is 0 Å². The molecule has 0 heterocycles. The standard InChI is InChI=1S/C11H14F3NO/c1-2-3-10(15)8-4-6-9(7-5-8)16-11(12,13)14/h4-7,10H,2-3,15H2,1H3/t10-/m0/s1. The van der Waals surface area contributed by atoms with Crippen molar-refractivity contribution in [1.82, 2.24) is 0 Å². The summed E-state index contributed by atoms with van der Waals surface area (Å²) in [7, 11) is 0. The van der Waals surface area contributed by atoms with E-state index in [1.807, 2.05) is 6.92 Å². The second-order valence-corrected chi connectivity index (χ2v) is 3.51. The van der Waals surface area contributed by atoms with Crippen molar-refractivity contribution >= 4 is 0 Å². The lowest BCUT2D eigenvalue weighted by atomic mass is 10.0. The molecule has 1 atom stereocenters. The third-order valence-corrected chi connectivity index (χ3v) is 2.14. The van der Waals surface area contributed by atoms with Crippen LogP contribution in [0.25, 0.3) is 0 Å². The van der Waals surface area contributed by atoms with Crippen molar-refractivity contribution in [2.45, 2.75) is 32.2 Å². The van der Waals surface area contributed by atoms with Gasteiger partial charge in [-0.3, -0.25) is 0 Å². The molecule has 0 saturated carbocycles. The molecule has 0 fully saturated rings. The van der Waals surface area contributed by atoms with E-state index in [0.29, 0.717) is 0 Å². The summed E-state index contributed by atoms with van der Waals surface area (Å²) in [6.07, 6.45) is -2.91. The van der Waals surface area contributed by atoms with Crippen molar-refractivity contribution in [3.05, 3.63) is 29.8 Å². The first-order valence-corrected chi connectivity index (χ1v) is 5.03. The van der Waals surface area contributed by atoms with Crippen LogP contribution in [0.4, 0.5) is 13.2 Å². The van der Waals surface area contributed by atoms with Crippen molar-refractivity contribution in [3.8, 4) is 5.75 Å². The van der Waals surface area contributed by atoms with Crippen molar-refractivity contribution in [3.63, 3.8) is 0 Å². The van der Waals surface area contributed by atoms with Gasteiger partial charge in [-0.05, 0) is 24.1 Å². The van der Waals surface area contributed by atoms with Gasteiger partial charge in [-0.15, -0.1) is 13.2 Å². The Labute approximate surface area is 92.2 Å². The minimum atomic E-state index is -4.65. The molecular weight excluding hydrogens is 219 g/mol. The van der Waals surface area contributed by atoms with Crippen LogP contribution in [0.3, 0.4) is 0 Å². The summed E-state index contributed by atoms with van der Waals surface area (Å²) in [5, 5.41) is 0. The Morgan fingerprint density at radius 2 is 1.81 bits per heavy atom. The average Bonchev–Trinajstić information content (AvgIpc) is 2.16. The van der Waals surface area contributed by atoms with Crippen LogP contribution in [0.5, 0.6) is 5.75 Å². The van der Waals surface area contributed by atoms with E-state index in [0.717, 1.165) is 18.4 Å². The number of rotatable bonds is 4. The van der Waals surface area contributed by atoms with Gasteiger partial charge in [-0.2, -0.15) is 0 Å². The number of alkyl halides is 3. The van der Waals surface area contributed by atoms with Crippen LogP contribution in [0.15, 0.2) is 24.3 Å². The molecule has 5 heteroatoms. The lowest BCUT2D eigenvalue weighted by Crippen LogP contribution is -2.17. The molecule has 0 aliphatic rings. The van der Waals surface area contributed by atoms with Gasteiger partial charge in [0.2, 0.25) is 0 Å². The normalized spacial score (nSPS) is 13.6. The lowest BCUT2D eigenvalue weighted by molar-refractivity contribution is -0.274. The zero-order valence-corrected chi connectivity index (χ0v) is 8.92. The molecule has 0 amide bonds. The lowest BCUT2D eigenvalue weighted by Gasteiger charge is -2.12. The topological polar surface area (TPSA) is 35.2 Å². The molecule has 1 aromatic rings. The SMILES string of the molecule is CCC[C@H](N)c1ccc(OC(F)(F)F)cc1. The van der Waals surface area contributed by atoms with E-state index in [4.69, 9.17) is 5.73 Å². The maximum atomic E-state index is 11.9. The van der Waals surface area contributed by atoms with E-state index in [-0.39, 0.29) is 11.8 Å². The quantitative estimate of drug-likeness (QED) is 0.865. The first-order valence-electron chi connectivity index (χ1n) is 5.03. The van der Waals surface area contributed by atoms with Crippen LogP contribution >= 0.6 is 0 Å². The highest BCUT2D eigenvalue weighted by Gasteiger charge is 2.30. The van der Waals surface area contributed by atoms with Gasteiger partial charge in [0.25, 0.3) is 0 Å². The van der Waals surface area contributed by atoms with Crippen molar-refractivity contribution < 1.29 is 17.9 Å². The molecule has 0 bridgehead atoms. The summed E-state index contributed by atoms with van der Waals surface area (Å²) in [6, 6.07) is 5.53. The number of hydrogen-bond donors (Lipinski definition) is 1. The number of halogens is 3. The van der Waals surface area contributed by atoms with E-state index in [9.17, 15) is 13.2 Å². The van der Waals surface area contributed by atoms with Gasteiger partial charge in [0, 0.05) is 6.04 Å². The van der Waals surface area contributed by atoms with Crippen LogP contribution in [0.2, 0.25) is 0 Å². The van der Waals surface area contributed by atoms with Crippen molar-refractivity contribution in [2.75, 3.05) is 0 Å². The fraction of sp³-hybridized carbons (Fsp3) is 0.455. The predicted octanol–water partition coefficient (Wildman–Crippen LogP) is 3.39. The highest BCUT2D eigenvalue weighted by atomic mass is 19.4. The third-order valence-electron chi connectivity index (χ3n) is 2.14. The van der Waals surface area contributed by atoms with Gasteiger partial charge in [-0.1, -0.05) is 25.5 Å². The summed E-state index contributed by atoms with van der Waals surface area (Å²) in [4.78, 5) is 0. The molecule has 90 valence electrons. The summed E-state index contributed by atoms with van der Waals surface area (Å²) in [5.41, 5.74) is 6.64. The van der Waals surface area contributed by atoms with E-state index < -0.39 is 6.36 Å². The minimum absolute atomic E-state index is 0.134. The monoisotopic (exact) mass is 233 g/mol. The molecule has 0 radical (unpaired) electrons. The Balaban J connectivity index is 2.68.